The highest BCUT2D eigenvalue weighted by Gasteiger charge is 2.18. The number of nitrogen functional groups attached to an aromatic ring is 1. The molecule has 0 saturated carbocycles. The van der Waals surface area contributed by atoms with Crippen LogP contribution in [0.4, 0.5) is 17.1 Å². The third kappa shape index (κ3) is 4.25. The molecule has 2 rings (SSSR count). The van der Waals surface area contributed by atoms with Crippen molar-refractivity contribution in [2.45, 2.75) is 33.6 Å². The molecule has 0 unspecified atom stereocenters. The molecule has 0 heterocycles. The summed E-state index contributed by atoms with van der Waals surface area (Å²) in [7, 11) is 0. The van der Waals surface area contributed by atoms with Gasteiger partial charge >= 0.3 is 0 Å². The Balaban J connectivity index is 2.25. The van der Waals surface area contributed by atoms with E-state index in [2.05, 4.69) is 68.1 Å². The van der Waals surface area contributed by atoms with E-state index < -0.39 is 0 Å². The van der Waals surface area contributed by atoms with Gasteiger partial charge in [0.1, 0.15) is 0 Å². The van der Waals surface area contributed by atoms with Crippen LogP contribution in [0.3, 0.4) is 0 Å². The number of rotatable bonds is 6. The molecule has 2 aromatic carbocycles. The first-order chi connectivity index (χ1) is 10.0. The summed E-state index contributed by atoms with van der Waals surface area (Å²) < 4.78 is 0. The summed E-state index contributed by atoms with van der Waals surface area (Å²) in [6.45, 7) is 7.93. The van der Waals surface area contributed by atoms with Crippen molar-refractivity contribution < 1.29 is 0 Å². The molecule has 0 amide bonds. The molecule has 0 saturated heterocycles. The van der Waals surface area contributed by atoms with Crippen LogP contribution in [-0.4, -0.2) is 6.54 Å². The lowest BCUT2D eigenvalue weighted by molar-refractivity contribution is 0.327. The van der Waals surface area contributed by atoms with Gasteiger partial charge < -0.3 is 10.6 Å². The van der Waals surface area contributed by atoms with Gasteiger partial charge in [-0.15, -0.1) is 0 Å². The van der Waals surface area contributed by atoms with Gasteiger partial charge in [0.25, 0.3) is 0 Å². The Labute approximate surface area is 128 Å². The van der Waals surface area contributed by atoms with Crippen LogP contribution in [-0.2, 0) is 0 Å². The first kappa shape index (κ1) is 15.4. The van der Waals surface area contributed by atoms with Gasteiger partial charge in [-0.3, -0.25) is 0 Å². The van der Waals surface area contributed by atoms with E-state index in [1.54, 1.807) is 0 Å². The molecule has 0 fully saturated rings. The van der Waals surface area contributed by atoms with E-state index in [1.165, 1.54) is 17.8 Å². The molecule has 0 aliphatic heterocycles. The fourth-order valence-corrected chi connectivity index (χ4v) is 2.26. The Morgan fingerprint density at radius 2 is 1.48 bits per heavy atom. The van der Waals surface area contributed by atoms with Gasteiger partial charge in [-0.1, -0.05) is 45.4 Å². The molecule has 112 valence electrons. The standard InChI is InChI=1S/C19H26N2/c1-4-19(2,3)14-15-21(17-8-6-5-7-9-17)18-12-10-16(20)11-13-18/h5-13H,4,14-15,20H2,1-3H3. The molecule has 0 bridgehead atoms. The number of hydrogen-bond donors (Lipinski definition) is 1. The molecule has 0 aliphatic carbocycles. The Hall–Kier alpha value is -1.96. The van der Waals surface area contributed by atoms with Crippen molar-refractivity contribution in [1.82, 2.24) is 0 Å². The fourth-order valence-electron chi connectivity index (χ4n) is 2.26. The lowest BCUT2D eigenvalue weighted by Crippen LogP contribution is -2.24. The molecule has 2 aromatic rings. The molecular formula is C19H26N2. The van der Waals surface area contributed by atoms with E-state index in [0.29, 0.717) is 5.41 Å². The topological polar surface area (TPSA) is 29.3 Å². The second-order valence-corrected chi connectivity index (χ2v) is 6.35. The fraction of sp³-hybridized carbons (Fsp3) is 0.368. The molecule has 0 aliphatic rings. The molecule has 0 spiro atoms. The first-order valence-electron chi connectivity index (χ1n) is 7.70. The van der Waals surface area contributed by atoms with Gasteiger partial charge in [-0.05, 0) is 48.2 Å². The molecule has 2 nitrogen and oxygen atoms in total. The maximum Gasteiger partial charge on any atom is 0.0412 e. The van der Waals surface area contributed by atoms with E-state index in [1.807, 2.05) is 12.1 Å². The van der Waals surface area contributed by atoms with Gasteiger partial charge in [0.05, 0.1) is 0 Å². The van der Waals surface area contributed by atoms with Crippen LogP contribution in [0.25, 0.3) is 0 Å². The van der Waals surface area contributed by atoms with E-state index >= 15 is 0 Å². The third-order valence-corrected chi connectivity index (χ3v) is 4.24. The van der Waals surface area contributed by atoms with Crippen LogP contribution in [0, 0.1) is 5.41 Å². The zero-order valence-electron chi connectivity index (χ0n) is 13.3. The van der Waals surface area contributed by atoms with Crippen molar-refractivity contribution in [3.63, 3.8) is 0 Å². The zero-order chi connectivity index (χ0) is 15.3. The minimum Gasteiger partial charge on any atom is -0.399 e. The van der Waals surface area contributed by atoms with E-state index in [9.17, 15) is 0 Å². The first-order valence-corrected chi connectivity index (χ1v) is 7.70. The molecule has 0 radical (unpaired) electrons. The van der Waals surface area contributed by atoms with Crippen LogP contribution in [0.15, 0.2) is 54.6 Å². The number of nitrogens with zero attached hydrogens (tertiary/aromatic N) is 1. The van der Waals surface area contributed by atoms with Gasteiger partial charge in [0, 0.05) is 23.6 Å². The average Bonchev–Trinajstić information content (AvgIpc) is 2.50. The predicted octanol–water partition coefficient (Wildman–Crippen LogP) is 5.23. The largest absolute Gasteiger partial charge is 0.399 e. The smallest absolute Gasteiger partial charge is 0.0412 e. The van der Waals surface area contributed by atoms with Crippen LogP contribution in [0.1, 0.15) is 33.6 Å². The van der Waals surface area contributed by atoms with Crippen molar-refractivity contribution in [3.05, 3.63) is 54.6 Å². The Bertz CT molecular complexity index is 544. The normalized spacial score (nSPS) is 11.4. The van der Waals surface area contributed by atoms with Crippen LogP contribution in [0.5, 0.6) is 0 Å². The summed E-state index contributed by atoms with van der Waals surface area (Å²) in [4.78, 5) is 2.37. The van der Waals surface area contributed by atoms with Crippen LogP contribution in [0.2, 0.25) is 0 Å². The summed E-state index contributed by atoms with van der Waals surface area (Å²) in [5.41, 5.74) is 9.41. The SMILES string of the molecule is CCC(C)(C)CCN(c1ccccc1)c1ccc(N)cc1. The van der Waals surface area contributed by atoms with Crippen molar-refractivity contribution in [2.24, 2.45) is 5.41 Å². The Morgan fingerprint density at radius 3 is 2.05 bits per heavy atom. The molecule has 21 heavy (non-hydrogen) atoms. The highest BCUT2D eigenvalue weighted by molar-refractivity contribution is 5.64. The molecule has 2 N–H and O–H groups in total. The van der Waals surface area contributed by atoms with Gasteiger partial charge in [0.2, 0.25) is 0 Å². The molecule has 2 heteroatoms. The van der Waals surface area contributed by atoms with E-state index in [0.717, 1.165) is 18.7 Å². The minimum atomic E-state index is 0.362. The lowest BCUT2D eigenvalue weighted by Gasteiger charge is -2.30. The summed E-state index contributed by atoms with van der Waals surface area (Å²) in [5, 5.41) is 0. The van der Waals surface area contributed by atoms with Gasteiger partial charge in [-0.2, -0.15) is 0 Å². The number of benzene rings is 2. The molecular weight excluding hydrogens is 256 g/mol. The number of para-hydroxylation sites is 1. The Morgan fingerprint density at radius 1 is 0.905 bits per heavy atom. The zero-order valence-corrected chi connectivity index (χ0v) is 13.3. The average molecular weight is 282 g/mol. The number of anilines is 3. The summed E-state index contributed by atoms with van der Waals surface area (Å²) in [6.07, 6.45) is 2.35. The van der Waals surface area contributed by atoms with Crippen LogP contribution >= 0.6 is 0 Å². The summed E-state index contributed by atoms with van der Waals surface area (Å²) in [6, 6.07) is 18.7. The highest BCUT2D eigenvalue weighted by atomic mass is 15.1. The number of hydrogen-bond acceptors (Lipinski definition) is 2. The van der Waals surface area contributed by atoms with E-state index in [4.69, 9.17) is 5.73 Å². The quantitative estimate of drug-likeness (QED) is 0.735. The maximum absolute atomic E-state index is 5.81. The van der Waals surface area contributed by atoms with Gasteiger partial charge in [0.15, 0.2) is 0 Å². The van der Waals surface area contributed by atoms with Crippen molar-refractivity contribution in [3.8, 4) is 0 Å². The minimum absolute atomic E-state index is 0.362. The van der Waals surface area contributed by atoms with Crippen molar-refractivity contribution in [2.75, 3.05) is 17.2 Å². The molecule has 0 atom stereocenters. The summed E-state index contributed by atoms with van der Waals surface area (Å²) in [5.74, 6) is 0. The summed E-state index contributed by atoms with van der Waals surface area (Å²) >= 11 is 0. The van der Waals surface area contributed by atoms with Crippen LogP contribution < -0.4 is 10.6 Å². The second-order valence-electron chi connectivity index (χ2n) is 6.35. The third-order valence-electron chi connectivity index (χ3n) is 4.24. The van der Waals surface area contributed by atoms with Crippen molar-refractivity contribution in [1.29, 1.82) is 0 Å². The lowest BCUT2D eigenvalue weighted by atomic mass is 9.86. The molecule has 0 aromatic heterocycles. The predicted molar refractivity (Wildman–Crippen MR) is 93.0 cm³/mol. The van der Waals surface area contributed by atoms with Gasteiger partial charge in [-0.25, -0.2) is 0 Å². The maximum atomic E-state index is 5.81. The highest BCUT2D eigenvalue weighted by Crippen LogP contribution is 2.30. The monoisotopic (exact) mass is 282 g/mol. The second kappa shape index (κ2) is 6.66. The number of nitrogens with two attached hydrogens (primary N) is 1. The van der Waals surface area contributed by atoms with E-state index in [-0.39, 0.29) is 0 Å². The van der Waals surface area contributed by atoms with Crippen molar-refractivity contribution >= 4 is 17.1 Å². The Kier molecular flexibility index (Phi) is 4.89.